The minimum Gasteiger partial charge on any atom is -0.456 e. The molecule has 0 bridgehead atoms. The molecular formula is C28H31N5O2. The Bertz CT molecular complexity index is 1420. The molecule has 4 heterocycles. The van der Waals surface area contributed by atoms with E-state index in [0.29, 0.717) is 17.4 Å². The van der Waals surface area contributed by atoms with Gasteiger partial charge in [-0.3, -0.25) is 4.40 Å². The number of benzene rings is 1. The highest BCUT2D eigenvalue weighted by Crippen LogP contribution is 2.34. The molecule has 5 rings (SSSR count). The summed E-state index contributed by atoms with van der Waals surface area (Å²) < 4.78 is 14.5. The van der Waals surface area contributed by atoms with Crippen molar-refractivity contribution in [1.29, 1.82) is 0 Å². The third-order valence-corrected chi connectivity index (χ3v) is 6.20. The Hall–Kier alpha value is -4.00. The van der Waals surface area contributed by atoms with Gasteiger partial charge < -0.3 is 19.3 Å². The molecule has 1 aromatic carbocycles. The summed E-state index contributed by atoms with van der Waals surface area (Å²) in [6.45, 7) is 11.4. The van der Waals surface area contributed by atoms with E-state index in [1.165, 1.54) is 5.56 Å². The number of rotatable bonds is 5. The van der Waals surface area contributed by atoms with Gasteiger partial charge in [0.1, 0.15) is 17.2 Å². The molecule has 0 saturated heterocycles. The minimum atomic E-state index is 0.0194. The van der Waals surface area contributed by atoms with E-state index < -0.39 is 0 Å². The zero-order valence-electron chi connectivity index (χ0n) is 21.1. The van der Waals surface area contributed by atoms with E-state index in [1.807, 2.05) is 62.6 Å². The molecule has 0 fully saturated rings. The summed E-state index contributed by atoms with van der Waals surface area (Å²) in [5.74, 6) is 2.64. The second kappa shape index (κ2) is 8.65. The van der Waals surface area contributed by atoms with Crippen LogP contribution in [0.15, 0.2) is 67.3 Å². The van der Waals surface area contributed by atoms with Gasteiger partial charge in [-0.05, 0) is 43.0 Å². The van der Waals surface area contributed by atoms with Gasteiger partial charge in [0.15, 0.2) is 5.65 Å². The highest BCUT2D eigenvalue weighted by Gasteiger charge is 2.19. The van der Waals surface area contributed by atoms with Crippen molar-refractivity contribution in [2.45, 2.75) is 40.0 Å². The number of aryl methyl sites for hydroxylation is 2. The lowest BCUT2D eigenvalue weighted by atomic mass is 9.88. The summed E-state index contributed by atoms with van der Waals surface area (Å²) >= 11 is 0. The average Bonchev–Trinajstić information content (AvgIpc) is 3.36. The number of ether oxygens (including phenoxy) is 2. The van der Waals surface area contributed by atoms with Crippen LogP contribution in [0.1, 0.15) is 37.7 Å². The maximum Gasteiger partial charge on any atom is 0.219 e. The molecule has 4 aromatic rings. The molecule has 3 aromatic heterocycles. The summed E-state index contributed by atoms with van der Waals surface area (Å²) in [7, 11) is 2.05. The molecule has 1 aliphatic heterocycles. The van der Waals surface area contributed by atoms with Gasteiger partial charge in [0.25, 0.3) is 0 Å². The highest BCUT2D eigenvalue weighted by atomic mass is 16.5. The van der Waals surface area contributed by atoms with Gasteiger partial charge >= 0.3 is 0 Å². The molecule has 0 unspecified atom stereocenters. The first-order valence-electron chi connectivity index (χ1n) is 11.7. The van der Waals surface area contributed by atoms with E-state index in [9.17, 15) is 0 Å². The van der Waals surface area contributed by atoms with Crippen LogP contribution < -0.4 is 14.4 Å². The van der Waals surface area contributed by atoms with E-state index in [4.69, 9.17) is 14.5 Å². The molecule has 1 aliphatic rings. The summed E-state index contributed by atoms with van der Waals surface area (Å²) in [6.07, 6.45) is 7.88. The molecule has 7 heteroatoms. The number of nitrogens with zero attached hydrogens (tertiary/aromatic N) is 5. The van der Waals surface area contributed by atoms with Crippen LogP contribution in [0.3, 0.4) is 0 Å². The Morgan fingerprint density at radius 1 is 0.914 bits per heavy atom. The maximum absolute atomic E-state index is 6.32. The van der Waals surface area contributed by atoms with Crippen LogP contribution >= 0.6 is 0 Å². The van der Waals surface area contributed by atoms with Crippen molar-refractivity contribution in [3.8, 4) is 23.1 Å². The number of pyridine rings is 2. The van der Waals surface area contributed by atoms with Crippen molar-refractivity contribution in [2.75, 3.05) is 18.6 Å². The predicted octanol–water partition coefficient (Wildman–Crippen LogP) is 6.41. The molecule has 0 amide bonds. The molecule has 0 spiro atoms. The van der Waals surface area contributed by atoms with Crippen LogP contribution in [0, 0.1) is 13.8 Å². The van der Waals surface area contributed by atoms with Gasteiger partial charge in [0.05, 0.1) is 24.2 Å². The number of imidazole rings is 1. The molecule has 0 saturated carbocycles. The molecule has 35 heavy (non-hydrogen) atoms. The Morgan fingerprint density at radius 2 is 1.69 bits per heavy atom. The van der Waals surface area contributed by atoms with E-state index in [2.05, 4.69) is 59.3 Å². The monoisotopic (exact) mass is 469 g/mol. The van der Waals surface area contributed by atoms with Gasteiger partial charge in [-0.25, -0.2) is 9.97 Å². The van der Waals surface area contributed by atoms with Crippen LogP contribution in [0.5, 0.6) is 23.1 Å². The quantitative estimate of drug-likeness (QED) is 0.337. The smallest absolute Gasteiger partial charge is 0.219 e. The van der Waals surface area contributed by atoms with Crippen molar-refractivity contribution in [1.82, 2.24) is 19.3 Å². The lowest BCUT2D eigenvalue weighted by molar-refractivity contribution is 0.445. The van der Waals surface area contributed by atoms with E-state index in [0.717, 1.165) is 35.1 Å². The molecule has 7 nitrogen and oxygen atoms in total. The molecule has 0 aliphatic carbocycles. The lowest BCUT2D eigenvalue weighted by Gasteiger charge is -2.20. The Labute approximate surface area is 206 Å². The van der Waals surface area contributed by atoms with E-state index in [-0.39, 0.29) is 5.41 Å². The Kier molecular flexibility index (Phi) is 5.63. The average molecular weight is 470 g/mol. The summed E-state index contributed by atoms with van der Waals surface area (Å²) in [5, 5.41) is 0. The van der Waals surface area contributed by atoms with E-state index >= 15 is 0 Å². The molecule has 180 valence electrons. The highest BCUT2D eigenvalue weighted by molar-refractivity contribution is 5.73. The molecule has 0 N–H and O–H groups in total. The van der Waals surface area contributed by atoms with Crippen molar-refractivity contribution < 1.29 is 9.47 Å². The summed E-state index contributed by atoms with van der Waals surface area (Å²) in [6, 6.07) is 13.7. The number of hydrogen-bond acceptors (Lipinski definition) is 6. The lowest BCUT2D eigenvalue weighted by Crippen LogP contribution is -2.22. The summed E-state index contributed by atoms with van der Waals surface area (Å²) in [4.78, 5) is 13.5. The first kappa shape index (κ1) is 22.8. The van der Waals surface area contributed by atoms with Crippen LogP contribution in [0.25, 0.3) is 5.65 Å². The van der Waals surface area contributed by atoms with Crippen LogP contribution in [0.2, 0.25) is 0 Å². The van der Waals surface area contributed by atoms with Gasteiger partial charge in [-0.1, -0.05) is 26.8 Å². The second-order valence-corrected chi connectivity index (χ2v) is 10.0. The van der Waals surface area contributed by atoms with Crippen LogP contribution in [-0.4, -0.2) is 33.0 Å². The van der Waals surface area contributed by atoms with Gasteiger partial charge in [-0.2, -0.15) is 0 Å². The van der Waals surface area contributed by atoms with Crippen molar-refractivity contribution in [3.63, 3.8) is 0 Å². The maximum atomic E-state index is 6.32. The minimum absolute atomic E-state index is 0.0194. The topological polar surface area (TPSA) is 55.1 Å². The number of anilines is 1. The zero-order chi connectivity index (χ0) is 24.7. The SMILES string of the molecule is Cc1nc2c(N3C=CN(C)C3)cc(Oc3cccc(Oc4cc(C(C)(C)C)ccn4)c3)cn2c1C. The van der Waals surface area contributed by atoms with E-state index in [1.54, 1.807) is 6.20 Å². The Balaban J connectivity index is 1.44. The largest absolute Gasteiger partial charge is 0.456 e. The van der Waals surface area contributed by atoms with Gasteiger partial charge in [0.2, 0.25) is 5.88 Å². The first-order valence-corrected chi connectivity index (χ1v) is 11.7. The first-order chi connectivity index (χ1) is 16.7. The number of fused-ring (bicyclic) bond motifs is 1. The molecule has 0 atom stereocenters. The van der Waals surface area contributed by atoms with Crippen LogP contribution in [0.4, 0.5) is 5.69 Å². The zero-order valence-corrected chi connectivity index (χ0v) is 21.1. The van der Waals surface area contributed by atoms with Crippen molar-refractivity contribution in [3.05, 3.63) is 84.2 Å². The summed E-state index contributed by atoms with van der Waals surface area (Å²) in [5.41, 5.74) is 5.18. The van der Waals surface area contributed by atoms with Crippen molar-refractivity contribution >= 4 is 11.3 Å². The molecular weight excluding hydrogens is 438 g/mol. The predicted molar refractivity (Wildman–Crippen MR) is 138 cm³/mol. The fourth-order valence-electron chi connectivity index (χ4n) is 4.07. The third-order valence-electron chi connectivity index (χ3n) is 6.20. The van der Waals surface area contributed by atoms with Gasteiger partial charge in [-0.15, -0.1) is 0 Å². The number of hydrogen-bond donors (Lipinski definition) is 0. The Morgan fingerprint density at radius 3 is 2.40 bits per heavy atom. The van der Waals surface area contributed by atoms with Crippen molar-refractivity contribution in [2.24, 2.45) is 0 Å². The third kappa shape index (κ3) is 4.67. The fraction of sp³-hybridized carbons (Fsp3) is 0.286. The normalized spacial score (nSPS) is 13.7. The fourth-order valence-corrected chi connectivity index (χ4v) is 4.07. The molecule has 0 radical (unpaired) electrons. The number of aromatic nitrogens is 3. The van der Waals surface area contributed by atoms with Crippen LogP contribution in [-0.2, 0) is 5.41 Å². The second-order valence-electron chi connectivity index (χ2n) is 10.0. The standard InChI is InChI=1S/C28H31N5O2/c1-19-20(2)33-17-24(16-25(27(33)30-19)32-13-12-31(6)18-32)34-22-8-7-9-23(15-22)35-26-14-21(10-11-29-26)28(3,4)5/h7-17H,18H2,1-6H3. The van der Waals surface area contributed by atoms with Gasteiger partial charge in [0, 0.05) is 49.5 Å².